The number of hydrogen-bond acceptors (Lipinski definition) is 4. The zero-order valence-electron chi connectivity index (χ0n) is 18.5. The molecule has 0 unspecified atom stereocenters. The number of halogens is 3. The number of fused-ring (bicyclic) bond motifs is 1. The van der Waals surface area contributed by atoms with Gasteiger partial charge in [0.15, 0.2) is 0 Å². The van der Waals surface area contributed by atoms with Crippen LogP contribution >= 0.6 is 0 Å². The van der Waals surface area contributed by atoms with Gasteiger partial charge < -0.3 is 9.64 Å². The maximum absolute atomic E-state index is 13.1. The SMILES string of the molecule is Cc1nc2cc(C(=O)N3CCN(CCCOCC(F)(F)F)CC3)ccc2n1-c1ccccc1. The number of hydrogen-bond donors (Lipinski definition) is 0. The highest BCUT2D eigenvalue weighted by Gasteiger charge is 2.27. The molecule has 6 nitrogen and oxygen atoms in total. The molecule has 2 heterocycles. The van der Waals surface area contributed by atoms with E-state index in [9.17, 15) is 18.0 Å². The van der Waals surface area contributed by atoms with E-state index >= 15 is 0 Å². The van der Waals surface area contributed by atoms with E-state index < -0.39 is 12.8 Å². The zero-order valence-corrected chi connectivity index (χ0v) is 18.5. The van der Waals surface area contributed by atoms with E-state index in [0.717, 1.165) is 22.5 Å². The summed E-state index contributed by atoms with van der Waals surface area (Å²) in [5.74, 6) is 0.825. The van der Waals surface area contributed by atoms with Crippen molar-refractivity contribution < 1.29 is 22.7 Å². The Bertz CT molecular complexity index is 1090. The van der Waals surface area contributed by atoms with Gasteiger partial charge in [0.25, 0.3) is 5.91 Å². The third kappa shape index (κ3) is 5.72. The number of ether oxygens (including phenoxy) is 1. The Morgan fingerprint density at radius 1 is 1.06 bits per heavy atom. The second kappa shape index (κ2) is 9.93. The van der Waals surface area contributed by atoms with Gasteiger partial charge in [0.1, 0.15) is 12.4 Å². The molecule has 0 radical (unpaired) electrons. The van der Waals surface area contributed by atoms with Gasteiger partial charge in [-0.05, 0) is 43.7 Å². The minimum atomic E-state index is -4.28. The van der Waals surface area contributed by atoms with Crippen LogP contribution in [0.1, 0.15) is 22.6 Å². The normalized spacial score (nSPS) is 15.3. The van der Waals surface area contributed by atoms with E-state index in [1.165, 1.54) is 0 Å². The summed E-state index contributed by atoms with van der Waals surface area (Å²) in [6.45, 7) is 4.01. The van der Waals surface area contributed by atoms with Gasteiger partial charge in [0.05, 0.1) is 11.0 Å². The predicted molar refractivity (Wildman–Crippen MR) is 120 cm³/mol. The minimum Gasteiger partial charge on any atom is -0.372 e. The highest BCUT2D eigenvalue weighted by molar-refractivity contribution is 5.97. The summed E-state index contributed by atoms with van der Waals surface area (Å²) < 4.78 is 43.0. The van der Waals surface area contributed by atoms with Crippen LogP contribution in [0.4, 0.5) is 13.2 Å². The molecule has 4 rings (SSSR count). The fourth-order valence-corrected chi connectivity index (χ4v) is 4.17. The molecule has 1 saturated heterocycles. The van der Waals surface area contributed by atoms with Crippen LogP contribution in [0.15, 0.2) is 48.5 Å². The monoisotopic (exact) mass is 460 g/mol. The average Bonchev–Trinajstić information content (AvgIpc) is 3.13. The molecule has 2 aromatic carbocycles. The van der Waals surface area contributed by atoms with Crippen molar-refractivity contribution in [3.8, 4) is 5.69 Å². The Labute approximate surface area is 190 Å². The smallest absolute Gasteiger partial charge is 0.372 e. The third-order valence-corrected chi connectivity index (χ3v) is 5.77. The number of carbonyl (C=O) groups is 1. The van der Waals surface area contributed by atoms with Crippen molar-refractivity contribution in [2.24, 2.45) is 0 Å². The Hall–Kier alpha value is -2.91. The van der Waals surface area contributed by atoms with Gasteiger partial charge in [-0.25, -0.2) is 4.98 Å². The summed E-state index contributed by atoms with van der Waals surface area (Å²) >= 11 is 0. The van der Waals surface area contributed by atoms with Gasteiger partial charge >= 0.3 is 6.18 Å². The molecule has 1 aliphatic heterocycles. The lowest BCUT2D eigenvalue weighted by molar-refractivity contribution is -0.174. The van der Waals surface area contributed by atoms with Gasteiger partial charge in [-0.2, -0.15) is 13.2 Å². The Morgan fingerprint density at radius 3 is 2.48 bits per heavy atom. The molecule has 176 valence electrons. The summed E-state index contributed by atoms with van der Waals surface area (Å²) in [6, 6.07) is 15.6. The summed E-state index contributed by atoms with van der Waals surface area (Å²) in [5.41, 5.74) is 3.36. The number of piperazine rings is 1. The molecule has 1 fully saturated rings. The third-order valence-electron chi connectivity index (χ3n) is 5.77. The minimum absolute atomic E-state index is 0.0306. The molecular formula is C24H27F3N4O2. The molecule has 1 aliphatic rings. The van der Waals surface area contributed by atoms with Crippen molar-refractivity contribution in [1.82, 2.24) is 19.4 Å². The molecule has 33 heavy (non-hydrogen) atoms. The number of rotatable bonds is 7. The van der Waals surface area contributed by atoms with E-state index in [2.05, 4.69) is 19.2 Å². The van der Waals surface area contributed by atoms with Gasteiger partial charge in [0.2, 0.25) is 0 Å². The number of benzene rings is 2. The van der Waals surface area contributed by atoms with Crippen LogP contribution < -0.4 is 0 Å². The number of amides is 1. The average molecular weight is 461 g/mol. The fraction of sp³-hybridized carbons (Fsp3) is 0.417. The van der Waals surface area contributed by atoms with Crippen molar-refractivity contribution >= 4 is 16.9 Å². The number of para-hydroxylation sites is 1. The highest BCUT2D eigenvalue weighted by Crippen LogP contribution is 2.23. The van der Waals surface area contributed by atoms with Crippen LogP contribution in [0.2, 0.25) is 0 Å². The van der Waals surface area contributed by atoms with E-state index in [0.29, 0.717) is 44.7 Å². The van der Waals surface area contributed by atoms with Crippen molar-refractivity contribution in [3.63, 3.8) is 0 Å². The molecule has 0 atom stereocenters. The van der Waals surface area contributed by atoms with Gasteiger partial charge in [-0.1, -0.05) is 18.2 Å². The molecule has 9 heteroatoms. The lowest BCUT2D eigenvalue weighted by atomic mass is 10.1. The molecule has 3 aromatic rings. The Balaban J connectivity index is 1.33. The second-order valence-corrected chi connectivity index (χ2v) is 8.19. The first-order valence-corrected chi connectivity index (χ1v) is 11.0. The van der Waals surface area contributed by atoms with Crippen LogP contribution in [0.3, 0.4) is 0 Å². The van der Waals surface area contributed by atoms with E-state index in [-0.39, 0.29) is 12.5 Å². The van der Waals surface area contributed by atoms with Crippen molar-refractivity contribution in [2.75, 3.05) is 45.9 Å². The molecule has 0 spiro atoms. The molecule has 0 N–H and O–H groups in total. The van der Waals surface area contributed by atoms with Gasteiger partial charge in [-0.3, -0.25) is 14.3 Å². The summed E-state index contributed by atoms with van der Waals surface area (Å²) in [7, 11) is 0. The van der Waals surface area contributed by atoms with Crippen LogP contribution in [-0.2, 0) is 4.74 Å². The first-order valence-electron chi connectivity index (χ1n) is 11.0. The largest absolute Gasteiger partial charge is 0.411 e. The molecule has 1 aromatic heterocycles. The standard InChI is InChI=1S/C24H27F3N4O2/c1-18-28-21-16-19(8-9-22(21)31(18)20-6-3-2-4-7-20)23(32)30-13-11-29(12-14-30)10-5-15-33-17-24(25,26)27/h2-4,6-9,16H,5,10-15,17H2,1H3. The van der Waals surface area contributed by atoms with Crippen molar-refractivity contribution in [3.05, 3.63) is 59.9 Å². The van der Waals surface area contributed by atoms with E-state index in [1.807, 2.05) is 60.4 Å². The van der Waals surface area contributed by atoms with Crippen molar-refractivity contribution in [1.29, 1.82) is 0 Å². The maximum Gasteiger partial charge on any atom is 0.411 e. The molecule has 0 bridgehead atoms. The Morgan fingerprint density at radius 2 is 1.79 bits per heavy atom. The second-order valence-electron chi connectivity index (χ2n) is 8.19. The van der Waals surface area contributed by atoms with E-state index in [4.69, 9.17) is 0 Å². The molecule has 0 saturated carbocycles. The number of carbonyl (C=O) groups excluding carboxylic acids is 1. The number of nitrogens with zero attached hydrogens (tertiary/aromatic N) is 4. The lowest BCUT2D eigenvalue weighted by Gasteiger charge is -2.34. The molecule has 0 aliphatic carbocycles. The zero-order chi connectivity index (χ0) is 23.4. The van der Waals surface area contributed by atoms with Crippen LogP contribution in [0, 0.1) is 6.92 Å². The Kier molecular flexibility index (Phi) is 6.99. The quantitative estimate of drug-likeness (QED) is 0.499. The highest BCUT2D eigenvalue weighted by atomic mass is 19.4. The number of aryl methyl sites for hydroxylation is 1. The van der Waals surface area contributed by atoms with Crippen molar-refractivity contribution in [2.45, 2.75) is 19.5 Å². The first kappa shape index (κ1) is 23.3. The lowest BCUT2D eigenvalue weighted by Crippen LogP contribution is -2.49. The maximum atomic E-state index is 13.1. The molecule has 1 amide bonds. The first-order chi connectivity index (χ1) is 15.8. The summed E-state index contributed by atoms with van der Waals surface area (Å²) in [4.78, 5) is 21.7. The van der Waals surface area contributed by atoms with Crippen LogP contribution in [0.25, 0.3) is 16.7 Å². The fourth-order valence-electron chi connectivity index (χ4n) is 4.17. The van der Waals surface area contributed by atoms with Gasteiger partial charge in [-0.15, -0.1) is 0 Å². The van der Waals surface area contributed by atoms with Gasteiger partial charge in [0, 0.05) is 50.6 Å². The summed E-state index contributed by atoms with van der Waals surface area (Å²) in [6.07, 6.45) is -3.75. The predicted octanol–water partition coefficient (Wildman–Crippen LogP) is 4.06. The van der Waals surface area contributed by atoms with E-state index in [1.54, 1.807) is 0 Å². The van der Waals surface area contributed by atoms with Crippen LogP contribution in [-0.4, -0.2) is 77.4 Å². The van der Waals surface area contributed by atoms with Crippen LogP contribution in [0.5, 0.6) is 0 Å². The number of alkyl halides is 3. The number of imidazole rings is 1. The topological polar surface area (TPSA) is 50.6 Å². The number of aromatic nitrogens is 2. The summed E-state index contributed by atoms with van der Waals surface area (Å²) in [5, 5.41) is 0. The molecular weight excluding hydrogens is 433 g/mol.